The molecule has 0 unspecified atom stereocenters. The lowest BCUT2D eigenvalue weighted by Gasteiger charge is -2.09. The van der Waals surface area contributed by atoms with Gasteiger partial charge in [0, 0.05) is 10.6 Å². The predicted octanol–water partition coefficient (Wildman–Crippen LogP) is 5.54. The van der Waals surface area contributed by atoms with Gasteiger partial charge in [-0.1, -0.05) is 49.2 Å². The van der Waals surface area contributed by atoms with Crippen LogP contribution in [0.3, 0.4) is 0 Å². The molecule has 0 fully saturated rings. The predicted molar refractivity (Wildman–Crippen MR) is 107 cm³/mol. The molecule has 5 nitrogen and oxygen atoms in total. The van der Waals surface area contributed by atoms with Crippen molar-refractivity contribution in [3.63, 3.8) is 0 Å². The van der Waals surface area contributed by atoms with Gasteiger partial charge < -0.3 is 0 Å². The van der Waals surface area contributed by atoms with Gasteiger partial charge in [0.1, 0.15) is 0 Å². The van der Waals surface area contributed by atoms with E-state index >= 15 is 0 Å². The lowest BCUT2D eigenvalue weighted by atomic mass is 10.1. The van der Waals surface area contributed by atoms with Crippen LogP contribution in [0.15, 0.2) is 53.4 Å². The molecule has 2 N–H and O–H groups in total. The number of nitrogens with two attached hydrogens (primary N) is 1. The fourth-order valence-electron chi connectivity index (χ4n) is 2.40. The summed E-state index contributed by atoms with van der Waals surface area (Å²) in [7, 11) is -3.95. The molecule has 3 aromatic rings. The van der Waals surface area contributed by atoms with Crippen molar-refractivity contribution in [1.82, 2.24) is 9.78 Å². The van der Waals surface area contributed by atoms with Gasteiger partial charge in [-0.15, -0.1) is 0 Å². The summed E-state index contributed by atoms with van der Waals surface area (Å²) in [6.45, 7) is 4.00. The van der Waals surface area contributed by atoms with Gasteiger partial charge >= 0.3 is 6.18 Å². The van der Waals surface area contributed by atoms with Gasteiger partial charge in [-0.3, -0.25) is 0 Å². The van der Waals surface area contributed by atoms with Crippen molar-refractivity contribution in [1.29, 1.82) is 0 Å². The molecule has 0 radical (unpaired) electrons. The zero-order valence-corrected chi connectivity index (χ0v) is 17.5. The van der Waals surface area contributed by atoms with E-state index < -0.39 is 26.9 Å². The van der Waals surface area contributed by atoms with Crippen LogP contribution in [-0.4, -0.2) is 18.2 Å². The molecular formula is C18H16Cl2F3N3O2S. The molecular weight excluding hydrogens is 450 g/mol. The largest absolute Gasteiger partial charge is 0.436 e. The molecule has 0 spiro atoms. The molecule has 0 amide bonds. The molecule has 0 saturated carbocycles. The zero-order chi connectivity index (χ0) is 22.0. The molecule has 3 rings (SSSR count). The minimum Gasteiger partial charge on any atom is -0.231 e. The third kappa shape index (κ3) is 5.11. The van der Waals surface area contributed by atoms with Crippen LogP contribution in [-0.2, 0) is 16.2 Å². The van der Waals surface area contributed by atoms with Crippen LogP contribution < -0.4 is 5.14 Å². The van der Waals surface area contributed by atoms with E-state index in [0.717, 1.165) is 4.68 Å². The fraction of sp³-hybridized carbons (Fsp3) is 0.167. The highest BCUT2D eigenvalue weighted by Gasteiger charge is 2.39. The number of benzene rings is 2. The summed E-state index contributed by atoms with van der Waals surface area (Å²) in [6, 6.07) is 10.9. The van der Waals surface area contributed by atoms with Crippen LogP contribution in [0, 0.1) is 0 Å². The quantitative estimate of drug-likeness (QED) is 0.551. The highest BCUT2D eigenvalue weighted by atomic mass is 35.5. The molecule has 29 heavy (non-hydrogen) atoms. The summed E-state index contributed by atoms with van der Waals surface area (Å²) in [5, 5.41) is 8.44. The van der Waals surface area contributed by atoms with Gasteiger partial charge in [0.2, 0.25) is 10.0 Å². The van der Waals surface area contributed by atoms with Crippen molar-refractivity contribution in [2.45, 2.75) is 24.9 Å². The van der Waals surface area contributed by atoms with Gasteiger partial charge in [0.15, 0.2) is 5.69 Å². The maximum Gasteiger partial charge on any atom is 0.436 e. The Labute approximate surface area is 175 Å². The first kappa shape index (κ1) is 23.2. The summed E-state index contributed by atoms with van der Waals surface area (Å²) >= 11 is 11.8. The van der Waals surface area contributed by atoms with E-state index in [9.17, 15) is 21.6 Å². The van der Waals surface area contributed by atoms with E-state index in [-0.39, 0.29) is 16.3 Å². The smallest absolute Gasteiger partial charge is 0.231 e. The second-order valence-electron chi connectivity index (χ2n) is 5.47. The SMILES string of the molecule is CC.NS(=O)(=O)c1ccc(-n2nc(C(F)(F)F)c(Cl)c2-c2ccc(Cl)cc2)cc1. The van der Waals surface area contributed by atoms with Crippen molar-refractivity contribution >= 4 is 33.2 Å². The normalized spacial score (nSPS) is 11.7. The third-order valence-electron chi connectivity index (χ3n) is 3.62. The van der Waals surface area contributed by atoms with Crippen LogP contribution in [0.2, 0.25) is 10.0 Å². The highest BCUT2D eigenvalue weighted by Crippen LogP contribution is 2.41. The summed E-state index contributed by atoms with van der Waals surface area (Å²) in [5.74, 6) is 0. The Kier molecular flexibility index (Phi) is 7.00. The van der Waals surface area contributed by atoms with E-state index in [1.54, 1.807) is 0 Å². The summed E-state index contributed by atoms with van der Waals surface area (Å²) in [5.41, 5.74) is -0.749. The number of hydrogen-bond acceptors (Lipinski definition) is 3. The molecule has 1 aromatic heterocycles. The van der Waals surface area contributed by atoms with Crippen molar-refractivity contribution < 1.29 is 21.6 Å². The Bertz CT molecular complexity index is 1100. The van der Waals surface area contributed by atoms with Gasteiger partial charge in [0.25, 0.3) is 0 Å². The summed E-state index contributed by atoms with van der Waals surface area (Å²) < 4.78 is 63.6. The minimum atomic E-state index is -4.77. The second-order valence-corrected chi connectivity index (χ2v) is 7.84. The third-order valence-corrected chi connectivity index (χ3v) is 5.16. The molecule has 156 valence electrons. The van der Waals surface area contributed by atoms with Gasteiger partial charge in [0.05, 0.1) is 21.3 Å². The highest BCUT2D eigenvalue weighted by molar-refractivity contribution is 7.89. The number of primary sulfonamides is 1. The van der Waals surface area contributed by atoms with E-state index in [0.29, 0.717) is 10.6 Å². The van der Waals surface area contributed by atoms with Gasteiger partial charge in [-0.05, 0) is 36.4 Å². The van der Waals surface area contributed by atoms with E-state index in [1.807, 2.05) is 13.8 Å². The van der Waals surface area contributed by atoms with Gasteiger partial charge in [-0.25, -0.2) is 18.2 Å². The number of halogens is 5. The maximum absolute atomic E-state index is 13.3. The van der Waals surface area contributed by atoms with Crippen molar-refractivity contribution in [2.75, 3.05) is 0 Å². The van der Waals surface area contributed by atoms with Crippen LogP contribution in [0.4, 0.5) is 13.2 Å². The van der Waals surface area contributed by atoms with Crippen LogP contribution in [0.5, 0.6) is 0 Å². The van der Waals surface area contributed by atoms with E-state index in [4.69, 9.17) is 28.3 Å². The number of hydrogen-bond donors (Lipinski definition) is 1. The number of nitrogens with zero attached hydrogens (tertiary/aromatic N) is 2. The number of aromatic nitrogens is 2. The lowest BCUT2D eigenvalue weighted by Crippen LogP contribution is -2.12. The van der Waals surface area contributed by atoms with Crippen molar-refractivity contribution in [2.24, 2.45) is 5.14 Å². The van der Waals surface area contributed by atoms with Crippen molar-refractivity contribution in [3.05, 3.63) is 64.3 Å². The number of rotatable bonds is 3. The Morgan fingerprint density at radius 1 is 0.966 bits per heavy atom. The van der Waals surface area contributed by atoms with Crippen molar-refractivity contribution in [3.8, 4) is 16.9 Å². The molecule has 2 aromatic carbocycles. The first-order chi connectivity index (χ1) is 13.5. The first-order valence-electron chi connectivity index (χ1n) is 8.23. The monoisotopic (exact) mass is 465 g/mol. The second kappa shape index (κ2) is 8.74. The molecule has 0 aliphatic heterocycles. The Morgan fingerprint density at radius 2 is 1.48 bits per heavy atom. The molecule has 0 aliphatic carbocycles. The Hall–Kier alpha value is -2.07. The zero-order valence-electron chi connectivity index (χ0n) is 15.2. The molecule has 1 heterocycles. The molecule has 0 aliphatic rings. The van der Waals surface area contributed by atoms with Crippen LogP contribution in [0.1, 0.15) is 19.5 Å². The van der Waals surface area contributed by atoms with Crippen LogP contribution >= 0.6 is 23.2 Å². The Balaban J connectivity index is 0.00000145. The molecule has 0 atom stereocenters. The molecule has 0 bridgehead atoms. The lowest BCUT2D eigenvalue weighted by molar-refractivity contribution is -0.141. The minimum absolute atomic E-state index is 0.0102. The average molecular weight is 466 g/mol. The maximum atomic E-state index is 13.3. The standard InChI is InChI=1S/C16H10Cl2F3N3O2S.C2H6/c17-10-3-1-9(2-4-10)14-13(18)15(16(19,20)21)23-24(14)11-5-7-12(8-6-11)27(22,25)26;1-2/h1-8H,(H2,22,25,26);1-2H3. The molecule has 11 heteroatoms. The fourth-order valence-corrected chi connectivity index (χ4v) is 3.38. The number of sulfonamides is 1. The van der Waals surface area contributed by atoms with Crippen LogP contribution in [0.25, 0.3) is 16.9 Å². The van der Waals surface area contributed by atoms with Gasteiger partial charge in [-0.2, -0.15) is 18.3 Å². The van der Waals surface area contributed by atoms with E-state index in [1.165, 1.54) is 48.5 Å². The molecule has 0 saturated heterocycles. The average Bonchev–Trinajstić information content (AvgIpc) is 3.01. The number of alkyl halides is 3. The first-order valence-corrected chi connectivity index (χ1v) is 10.5. The van der Waals surface area contributed by atoms with E-state index in [2.05, 4.69) is 5.10 Å². The topological polar surface area (TPSA) is 78.0 Å². The Morgan fingerprint density at radius 3 is 1.93 bits per heavy atom. The summed E-state index contributed by atoms with van der Waals surface area (Å²) in [6.07, 6.45) is -4.77. The summed E-state index contributed by atoms with van der Waals surface area (Å²) in [4.78, 5) is -0.186.